The lowest BCUT2D eigenvalue weighted by molar-refractivity contribution is -0.105. The minimum Gasteiger partial charge on any atom is -0.349 e. The Morgan fingerprint density at radius 2 is 1.77 bits per heavy atom. The van der Waals surface area contributed by atoms with E-state index in [0.29, 0.717) is 12.5 Å². The van der Waals surface area contributed by atoms with Crippen molar-refractivity contribution in [3.63, 3.8) is 0 Å². The predicted molar refractivity (Wildman–Crippen MR) is 89.6 cm³/mol. The number of nitrogens with one attached hydrogen (secondary N) is 2. The number of thiophene rings is 1. The predicted octanol–water partition coefficient (Wildman–Crippen LogP) is 3.65. The Hall–Kier alpha value is -1.36. The second kappa shape index (κ2) is 7.27. The number of rotatable bonds is 4. The number of aryl methyl sites for hydroxylation is 1. The van der Waals surface area contributed by atoms with E-state index in [1.807, 2.05) is 0 Å². The molecule has 0 atom stereocenters. The van der Waals surface area contributed by atoms with Crippen LogP contribution in [0.15, 0.2) is 0 Å². The highest BCUT2D eigenvalue weighted by Crippen LogP contribution is 2.37. The molecule has 120 valence electrons. The highest BCUT2D eigenvalue weighted by atomic mass is 32.1. The topological polar surface area (TPSA) is 58.2 Å². The van der Waals surface area contributed by atoms with Gasteiger partial charge in [-0.05, 0) is 44.1 Å². The summed E-state index contributed by atoms with van der Waals surface area (Å²) in [6, 6.07) is 0.298. The fraction of sp³-hybridized carbons (Fsp3) is 0.647. The van der Waals surface area contributed by atoms with Crippen LogP contribution in [0.1, 0.15) is 72.2 Å². The van der Waals surface area contributed by atoms with Crippen molar-refractivity contribution in [2.75, 3.05) is 5.32 Å². The first kappa shape index (κ1) is 15.5. The molecule has 0 unspecified atom stereocenters. The van der Waals surface area contributed by atoms with E-state index in [9.17, 15) is 9.59 Å². The van der Waals surface area contributed by atoms with Gasteiger partial charge in [-0.2, -0.15) is 0 Å². The van der Waals surface area contributed by atoms with E-state index in [0.717, 1.165) is 42.7 Å². The average molecular weight is 320 g/mol. The molecule has 1 saturated carbocycles. The van der Waals surface area contributed by atoms with Gasteiger partial charge in [0.25, 0.3) is 5.91 Å². The third-order valence-corrected chi connectivity index (χ3v) is 6.00. The molecule has 4 nitrogen and oxygen atoms in total. The smallest absolute Gasteiger partial charge is 0.254 e. The summed E-state index contributed by atoms with van der Waals surface area (Å²) in [4.78, 5) is 25.0. The number of carbonyl (C=O) groups is 2. The van der Waals surface area contributed by atoms with E-state index >= 15 is 0 Å². The van der Waals surface area contributed by atoms with Crippen molar-refractivity contribution in [1.82, 2.24) is 5.32 Å². The Bertz CT molecular complexity index is 547. The maximum Gasteiger partial charge on any atom is 0.254 e. The van der Waals surface area contributed by atoms with Crippen LogP contribution in [0.4, 0.5) is 5.00 Å². The van der Waals surface area contributed by atoms with Gasteiger partial charge in [-0.15, -0.1) is 11.3 Å². The van der Waals surface area contributed by atoms with Crippen LogP contribution in [-0.4, -0.2) is 18.4 Å². The van der Waals surface area contributed by atoms with E-state index in [-0.39, 0.29) is 5.91 Å². The summed E-state index contributed by atoms with van der Waals surface area (Å²) < 4.78 is 0. The first-order chi connectivity index (χ1) is 10.8. The lowest BCUT2D eigenvalue weighted by Gasteiger charge is -2.23. The van der Waals surface area contributed by atoms with E-state index < -0.39 is 0 Å². The lowest BCUT2D eigenvalue weighted by atomic mass is 9.95. The fourth-order valence-electron chi connectivity index (χ4n) is 3.64. The van der Waals surface area contributed by atoms with Gasteiger partial charge >= 0.3 is 0 Å². The van der Waals surface area contributed by atoms with Gasteiger partial charge in [-0.25, -0.2) is 0 Å². The molecule has 22 heavy (non-hydrogen) atoms. The molecular weight excluding hydrogens is 296 g/mol. The molecular formula is C17H24N2O2S. The van der Waals surface area contributed by atoms with Gasteiger partial charge in [0.05, 0.1) is 5.56 Å². The number of carbonyl (C=O) groups excluding carboxylic acids is 2. The Balaban J connectivity index is 1.84. The van der Waals surface area contributed by atoms with Crippen molar-refractivity contribution in [3.8, 4) is 0 Å². The summed E-state index contributed by atoms with van der Waals surface area (Å²) in [6.45, 7) is 0. The molecule has 2 amide bonds. The number of hydrogen-bond donors (Lipinski definition) is 2. The van der Waals surface area contributed by atoms with Gasteiger partial charge in [-0.3, -0.25) is 9.59 Å². The molecule has 0 radical (unpaired) electrons. The molecule has 0 bridgehead atoms. The van der Waals surface area contributed by atoms with Gasteiger partial charge in [0.2, 0.25) is 6.41 Å². The van der Waals surface area contributed by atoms with Crippen LogP contribution in [0.2, 0.25) is 0 Å². The first-order valence-electron chi connectivity index (χ1n) is 8.45. The van der Waals surface area contributed by atoms with Crippen molar-refractivity contribution < 1.29 is 9.59 Å². The van der Waals surface area contributed by atoms with Gasteiger partial charge in [0.1, 0.15) is 5.00 Å². The van der Waals surface area contributed by atoms with E-state index in [2.05, 4.69) is 10.6 Å². The van der Waals surface area contributed by atoms with Crippen LogP contribution in [0.25, 0.3) is 0 Å². The minimum atomic E-state index is 0.00986. The zero-order chi connectivity index (χ0) is 15.4. The van der Waals surface area contributed by atoms with Crippen LogP contribution in [-0.2, 0) is 17.6 Å². The van der Waals surface area contributed by atoms with Gasteiger partial charge in [-0.1, -0.05) is 25.7 Å². The fourth-order valence-corrected chi connectivity index (χ4v) is 4.89. The molecule has 1 fully saturated rings. The monoisotopic (exact) mass is 320 g/mol. The Morgan fingerprint density at radius 3 is 2.55 bits per heavy atom. The molecule has 5 heteroatoms. The number of amides is 2. The highest BCUT2D eigenvalue weighted by Gasteiger charge is 2.26. The summed E-state index contributed by atoms with van der Waals surface area (Å²) in [5.41, 5.74) is 1.92. The van der Waals surface area contributed by atoms with E-state index in [1.54, 1.807) is 11.3 Å². The van der Waals surface area contributed by atoms with Gasteiger partial charge < -0.3 is 10.6 Å². The molecule has 0 aliphatic heterocycles. The van der Waals surface area contributed by atoms with Gasteiger partial charge in [0.15, 0.2) is 0 Å². The van der Waals surface area contributed by atoms with Crippen LogP contribution >= 0.6 is 11.3 Å². The lowest BCUT2D eigenvalue weighted by Crippen LogP contribution is -2.36. The molecule has 2 aliphatic rings. The highest BCUT2D eigenvalue weighted by molar-refractivity contribution is 7.16. The molecule has 2 aliphatic carbocycles. The van der Waals surface area contributed by atoms with Crippen molar-refractivity contribution in [3.05, 3.63) is 16.0 Å². The molecule has 0 spiro atoms. The summed E-state index contributed by atoms with van der Waals surface area (Å²) in [5, 5.41) is 6.68. The van der Waals surface area contributed by atoms with E-state index in [4.69, 9.17) is 0 Å². The summed E-state index contributed by atoms with van der Waals surface area (Å²) in [7, 11) is 0. The van der Waals surface area contributed by atoms with E-state index in [1.165, 1.54) is 42.5 Å². The molecule has 1 heterocycles. The third-order valence-electron chi connectivity index (χ3n) is 4.78. The van der Waals surface area contributed by atoms with Crippen LogP contribution in [0.3, 0.4) is 0 Å². The van der Waals surface area contributed by atoms with Crippen molar-refractivity contribution in [2.24, 2.45) is 0 Å². The minimum absolute atomic E-state index is 0.00986. The molecule has 1 aromatic heterocycles. The maximum absolute atomic E-state index is 12.8. The van der Waals surface area contributed by atoms with Crippen LogP contribution < -0.4 is 10.6 Å². The average Bonchev–Trinajstić information content (AvgIpc) is 2.70. The Labute approximate surface area is 135 Å². The van der Waals surface area contributed by atoms with Crippen molar-refractivity contribution in [1.29, 1.82) is 0 Å². The standard InChI is InChI=1S/C17H24N2O2S/c20-11-18-17-15(13-9-5-2-6-10-14(13)22-17)16(21)19-12-7-3-1-4-8-12/h11-12H,1-10H2,(H,18,20)(H,19,21). The normalized spacial score (nSPS) is 19.1. The van der Waals surface area contributed by atoms with Crippen molar-refractivity contribution >= 4 is 28.7 Å². The number of hydrogen-bond acceptors (Lipinski definition) is 3. The Kier molecular flexibility index (Phi) is 5.13. The SMILES string of the molecule is O=CNc1sc2c(c1C(=O)NC1CCCCC1)CCCCC2. The van der Waals surface area contributed by atoms with Crippen LogP contribution in [0.5, 0.6) is 0 Å². The molecule has 2 N–H and O–H groups in total. The van der Waals surface area contributed by atoms with Gasteiger partial charge in [0, 0.05) is 10.9 Å². The quantitative estimate of drug-likeness (QED) is 0.657. The third kappa shape index (κ3) is 3.35. The first-order valence-corrected chi connectivity index (χ1v) is 9.27. The Morgan fingerprint density at radius 1 is 1.05 bits per heavy atom. The summed E-state index contributed by atoms with van der Waals surface area (Å²) >= 11 is 1.59. The second-order valence-corrected chi connectivity index (χ2v) is 7.44. The zero-order valence-corrected chi connectivity index (χ0v) is 13.8. The number of anilines is 1. The maximum atomic E-state index is 12.8. The largest absolute Gasteiger partial charge is 0.349 e. The summed E-state index contributed by atoms with van der Waals surface area (Å²) in [5.74, 6) is 0.00986. The molecule has 3 rings (SSSR count). The number of fused-ring (bicyclic) bond motifs is 1. The molecule has 1 aromatic rings. The molecule has 0 aromatic carbocycles. The molecule has 0 saturated heterocycles. The van der Waals surface area contributed by atoms with Crippen LogP contribution in [0, 0.1) is 0 Å². The van der Waals surface area contributed by atoms with Crippen molar-refractivity contribution in [2.45, 2.75) is 70.3 Å². The second-order valence-electron chi connectivity index (χ2n) is 6.34. The summed E-state index contributed by atoms with van der Waals surface area (Å²) in [6.07, 6.45) is 12.0. The zero-order valence-electron chi connectivity index (χ0n) is 13.0.